The number of carbonyl (C=O) groups excluding carboxylic acids is 1. The molecule has 0 aliphatic carbocycles. The summed E-state index contributed by atoms with van der Waals surface area (Å²) in [5.41, 5.74) is 3.71. The van der Waals surface area contributed by atoms with Crippen LogP contribution in [0, 0.1) is 0 Å². The first-order valence-corrected chi connectivity index (χ1v) is 10.8. The van der Waals surface area contributed by atoms with Gasteiger partial charge in [-0.2, -0.15) is 0 Å². The Balaban J connectivity index is 2.72. The van der Waals surface area contributed by atoms with E-state index in [-0.39, 0.29) is 16.7 Å². The number of esters is 1. The Kier molecular flexibility index (Phi) is 7.18. The summed E-state index contributed by atoms with van der Waals surface area (Å²) in [5.74, 6) is 0.172. The number of phenols is 1. The van der Waals surface area contributed by atoms with Crippen molar-refractivity contribution >= 4 is 5.97 Å². The molecule has 0 aromatic heterocycles. The van der Waals surface area contributed by atoms with Gasteiger partial charge in [0, 0.05) is 28.7 Å². The largest absolute Gasteiger partial charge is 0.507 e. The number of rotatable bonds is 8. The Morgan fingerprint density at radius 1 is 1.07 bits per heavy atom. The summed E-state index contributed by atoms with van der Waals surface area (Å²) in [6, 6.07) is 11.8. The fraction of sp³-hybridized carbons (Fsp3) is 0.444. The van der Waals surface area contributed by atoms with Crippen LogP contribution in [0.25, 0.3) is 0 Å². The molecule has 0 amide bonds. The van der Waals surface area contributed by atoms with Crippen molar-refractivity contribution in [2.24, 2.45) is 0 Å². The van der Waals surface area contributed by atoms with Crippen molar-refractivity contribution < 1.29 is 14.6 Å². The SMILES string of the molecule is C=CC(=O)Oc1ccccc1C(C)c1cc(C(C)(C)CC)cc(C(C)(C)CC)c1O. The van der Waals surface area contributed by atoms with E-state index in [1.54, 1.807) is 6.07 Å². The van der Waals surface area contributed by atoms with E-state index < -0.39 is 5.97 Å². The third kappa shape index (κ3) is 4.77. The Morgan fingerprint density at radius 2 is 1.67 bits per heavy atom. The number of carbonyl (C=O) groups is 1. The lowest BCUT2D eigenvalue weighted by Gasteiger charge is -2.32. The molecule has 0 heterocycles. The van der Waals surface area contributed by atoms with Crippen molar-refractivity contribution in [3.8, 4) is 11.5 Å². The average molecular weight is 409 g/mol. The van der Waals surface area contributed by atoms with Gasteiger partial charge in [0.25, 0.3) is 0 Å². The van der Waals surface area contributed by atoms with Gasteiger partial charge in [-0.25, -0.2) is 4.79 Å². The molecule has 0 radical (unpaired) electrons. The number of ether oxygens (including phenoxy) is 1. The number of hydrogen-bond acceptors (Lipinski definition) is 3. The molecule has 3 nitrogen and oxygen atoms in total. The quantitative estimate of drug-likeness (QED) is 0.290. The van der Waals surface area contributed by atoms with Gasteiger partial charge in [-0.05, 0) is 35.3 Å². The van der Waals surface area contributed by atoms with Crippen LogP contribution in [-0.4, -0.2) is 11.1 Å². The normalized spacial score (nSPS) is 13.0. The van der Waals surface area contributed by atoms with E-state index >= 15 is 0 Å². The molecular formula is C27H36O3. The first-order valence-electron chi connectivity index (χ1n) is 10.8. The van der Waals surface area contributed by atoms with Gasteiger partial charge in [-0.1, -0.05) is 85.4 Å². The lowest BCUT2D eigenvalue weighted by atomic mass is 9.73. The highest BCUT2D eigenvalue weighted by Gasteiger charge is 2.30. The fourth-order valence-corrected chi connectivity index (χ4v) is 3.54. The van der Waals surface area contributed by atoms with Gasteiger partial charge in [0.05, 0.1) is 0 Å². The average Bonchev–Trinajstić information content (AvgIpc) is 2.73. The van der Waals surface area contributed by atoms with Crippen LogP contribution in [0.3, 0.4) is 0 Å². The summed E-state index contributed by atoms with van der Waals surface area (Å²) in [5, 5.41) is 11.3. The van der Waals surface area contributed by atoms with Crippen molar-refractivity contribution in [1.82, 2.24) is 0 Å². The molecule has 30 heavy (non-hydrogen) atoms. The van der Waals surface area contributed by atoms with Gasteiger partial charge in [-0.15, -0.1) is 0 Å². The first-order chi connectivity index (χ1) is 14.0. The van der Waals surface area contributed by atoms with E-state index in [1.807, 2.05) is 25.1 Å². The Morgan fingerprint density at radius 3 is 2.23 bits per heavy atom. The van der Waals surface area contributed by atoms with Gasteiger partial charge < -0.3 is 9.84 Å². The van der Waals surface area contributed by atoms with Crippen LogP contribution in [0.2, 0.25) is 0 Å². The summed E-state index contributed by atoms with van der Waals surface area (Å²) in [6.45, 7) is 18.7. The van der Waals surface area contributed by atoms with Crippen molar-refractivity contribution in [1.29, 1.82) is 0 Å². The minimum Gasteiger partial charge on any atom is -0.507 e. The monoisotopic (exact) mass is 408 g/mol. The molecule has 1 N–H and O–H groups in total. The lowest BCUT2D eigenvalue weighted by molar-refractivity contribution is -0.129. The second-order valence-corrected chi connectivity index (χ2v) is 9.32. The van der Waals surface area contributed by atoms with E-state index in [0.29, 0.717) is 11.5 Å². The zero-order valence-corrected chi connectivity index (χ0v) is 19.5. The van der Waals surface area contributed by atoms with Gasteiger partial charge in [0.1, 0.15) is 11.5 Å². The van der Waals surface area contributed by atoms with Crippen LogP contribution in [0.1, 0.15) is 89.5 Å². The maximum absolute atomic E-state index is 11.8. The second kappa shape index (κ2) is 9.07. The fourth-order valence-electron chi connectivity index (χ4n) is 3.54. The summed E-state index contributed by atoms with van der Waals surface area (Å²) in [4.78, 5) is 11.8. The zero-order valence-electron chi connectivity index (χ0n) is 19.5. The maximum atomic E-state index is 11.8. The lowest BCUT2D eigenvalue weighted by Crippen LogP contribution is -2.21. The predicted octanol–water partition coefficient (Wildman–Crippen LogP) is 7.01. The van der Waals surface area contributed by atoms with E-state index in [4.69, 9.17) is 4.74 Å². The van der Waals surface area contributed by atoms with Crippen molar-refractivity contribution in [2.45, 2.75) is 78.1 Å². The van der Waals surface area contributed by atoms with Crippen LogP contribution in [0.15, 0.2) is 49.1 Å². The minimum atomic E-state index is -0.493. The summed E-state index contributed by atoms with van der Waals surface area (Å²) in [7, 11) is 0. The standard InChI is InChI=1S/C27H36O3/c1-9-24(28)30-23-15-13-12-14-20(23)18(4)21-16-19(26(5,6)10-2)17-22(25(21)29)27(7,8)11-3/h9,12-18,29H,1,10-11H2,2-8H3. The molecule has 2 rings (SSSR count). The molecule has 2 aromatic carbocycles. The molecule has 3 heteroatoms. The number of phenolic OH excluding ortho intramolecular Hbond substituents is 1. The molecule has 162 valence electrons. The maximum Gasteiger partial charge on any atom is 0.335 e. The molecule has 1 atom stereocenters. The molecule has 0 spiro atoms. The van der Waals surface area contributed by atoms with Crippen molar-refractivity contribution in [2.75, 3.05) is 0 Å². The van der Waals surface area contributed by atoms with Crippen LogP contribution < -0.4 is 4.74 Å². The first kappa shape index (κ1) is 23.7. The molecule has 2 aromatic rings. The summed E-state index contributed by atoms with van der Waals surface area (Å²) >= 11 is 0. The number of benzene rings is 2. The molecule has 0 bridgehead atoms. The highest BCUT2D eigenvalue weighted by molar-refractivity contribution is 5.83. The molecule has 0 aliphatic heterocycles. The Hall–Kier alpha value is -2.55. The van der Waals surface area contributed by atoms with Gasteiger partial charge in [0.15, 0.2) is 0 Å². The van der Waals surface area contributed by atoms with E-state index in [9.17, 15) is 9.90 Å². The zero-order chi connectivity index (χ0) is 22.7. The summed E-state index contributed by atoms with van der Waals surface area (Å²) in [6.07, 6.45) is 3.06. The molecule has 0 saturated heterocycles. The smallest absolute Gasteiger partial charge is 0.335 e. The van der Waals surface area contributed by atoms with E-state index in [0.717, 1.165) is 35.6 Å². The van der Waals surface area contributed by atoms with E-state index in [1.165, 1.54) is 5.56 Å². The third-order valence-corrected chi connectivity index (χ3v) is 6.65. The topological polar surface area (TPSA) is 46.5 Å². The Labute approximate surface area is 181 Å². The number of para-hydroxylation sites is 1. The second-order valence-electron chi connectivity index (χ2n) is 9.32. The van der Waals surface area contributed by atoms with Crippen LogP contribution in [0.4, 0.5) is 0 Å². The van der Waals surface area contributed by atoms with Crippen LogP contribution >= 0.6 is 0 Å². The molecule has 0 fully saturated rings. The van der Waals surface area contributed by atoms with E-state index in [2.05, 4.69) is 60.3 Å². The third-order valence-electron chi connectivity index (χ3n) is 6.65. The molecule has 0 saturated carbocycles. The van der Waals surface area contributed by atoms with Gasteiger partial charge >= 0.3 is 5.97 Å². The minimum absolute atomic E-state index is 0.0183. The molecule has 0 aliphatic rings. The number of hydrogen-bond donors (Lipinski definition) is 1. The Bertz CT molecular complexity index is 922. The van der Waals surface area contributed by atoms with Crippen molar-refractivity contribution in [3.63, 3.8) is 0 Å². The van der Waals surface area contributed by atoms with Gasteiger partial charge in [0.2, 0.25) is 0 Å². The van der Waals surface area contributed by atoms with Crippen LogP contribution in [0.5, 0.6) is 11.5 Å². The summed E-state index contributed by atoms with van der Waals surface area (Å²) < 4.78 is 5.48. The number of aromatic hydroxyl groups is 1. The highest BCUT2D eigenvalue weighted by atomic mass is 16.5. The van der Waals surface area contributed by atoms with Crippen LogP contribution in [-0.2, 0) is 15.6 Å². The van der Waals surface area contributed by atoms with Crippen molar-refractivity contribution in [3.05, 3.63) is 71.3 Å². The van der Waals surface area contributed by atoms with Gasteiger partial charge in [-0.3, -0.25) is 0 Å². The molecular weight excluding hydrogens is 372 g/mol. The predicted molar refractivity (Wildman–Crippen MR) is 125 cm³/mol. The molecule has 1 unspecified atom stereocenters. The highest BCUT2D eigenvalue weighted by Crippen LogP contribution is 2.44.